The summed E-state index contributed by atoms with van der Waals surface area (Å²) in [7, 11) is 1.18. The number of benzene rings is 1. The Labute approximate surface area is 170 Å². The minimum absolute atomic E-state index is 0.115. The normalized spacial score (nSPS) is 13.0. The zero-order chi connectivity index (χ0) is 21.0. The lowest BCUT2D eigenvalue weighted by Crippen LogP contribution is -2.48. The molecule has 2 heterocycles. The number of methoxy groups -OCH3 is 1. The van der Waals surface area contributed by atoms with Crippen LogP contribution in [0.2, 0.25) is 0 Å². The van der Waals surface area contributed by atoms with Crippen LogP contribution >= 0.6 is 11.8 Å². The van der Waals surface area contributed by atoms with E-state index in [1.807, 2.05) is 24.5 Å². The first-order chi connectivity index (χ1) is 13.9. The van der Waals surface area contributed by atoms with E-state index in [9.17, 15) is 14.7 Å². The molecule has 1 aromatic carbocycles. The summed E-state index contributed by atoms with van der Waals surface area (Å²) in [6.07, 6.45) is 3.73. The summed E-state index contributed by atoms with van der Waals surface area (Å²) in [6.45, 7) is 1.38. The number of anilines is 2. The topological polar surface area (TPSA) is 142 Å². The molecule has 0 saturated carbocycles. The molecule has 2 atom stereocenters. The molecular formula is C18H20N6O4S. The van der Waals surface area contributed by atoms with E-state index in [1.54, 1.807) is 6.20 Å². The van der Waals surface area contributed by atoms with E-state index in [0.29, 0.717) is 10.8 Å². The van der Waals surface area contributed by atoms with Crippen LogP contribution in [0.1, 0.15) is 17.3 Å². The number of ether oxygens (including phenoxy) is 1. The van der Waals surface area contributed by atoms with Crippen molar-refractivity contribution in [2.45, 2.75) is 24.2 Å². The van der Waals surface area contributed by atoms with Gasteiger partial charge in [-0.3, -0.25) is 9.89 Å². The Hall–Kier alpha value is -3.18. The number of aliphatic hydroxyl groups is 1. The number of carbonyl (C=O) groups excluding carboxylic acids is 2. The molecule has 29 heavy (non-hydrogen) atoms. The van der Waals surface area contributed by atoms with Gasteiger partial charge in [0.25, 0.3) is 5.91 Å². The third-order valence-corrected chi connectivity index (χ3v) is 4.68. The molecule has 11 heteroatoms. The number of aliphatic hydroxyl groups excluding tert-OH is 1. The Morgan fingerprint density at radius 3 is 2.79 bits per heavy atom. The smallest absolute Gasteiger partial charge is 0.331 e. The molecule has 3 aromatic rings. The SMILES string of the molecule is COC(=O)C(NC(=O)c1cnc(SC)nc1Nc1ccc2[nH]ncc2c1)C(C)O. The summed E-state index contributed by atoms with van der Waals surface area (Å²) in [5.74, 6) is -1.12. The summed E-state index contributed by atoms with van der Waals surface area (Å²) in [5, 5.41) is 23.6. The summed E-state index contributed by atoms with van der Waals surface area (Å²) in [5.41, 5.74) is 1.68. The second kappa shape index (κ2) is 8.88. The van der Waals surface area contributed by atoms with Crippen LogP contribution in [0.4, 0.5) is 11.5 Å². The van der Waals surface area contributed by atoms with Crippen LogP contribution in [0.3, 0.4) is 0 Å². The number of hydrogen-bond acceptors (Lipinski definition) is 9. The van der Waals surface area contributed by atoms with Gasteiger partial charge in [-0.25, -0.2) is 14.8 Å². The number of aromatic nitrogens is 4. The van der Waals surface area contributed by atoms with Crippen LogP contribution < -0.4 is 10.6 Å². The highest BCUT2D eigenvalue weighted by molar-refractivity contribution is 7.98. The quantitative estimate of drug-likeness (QED) is 0.256. The van der Waals surface area contributed by atoms with Gasteiger partial charge in [0.1, 0.15) is 11.4 Å². The molecule has 0 aliphatic rings. The molecule has 0 aliphatic carbocycles. The minimum Gasteiger partial charge on any atom is -0.467 e. The average molecular weight is 416 g/mol. The van der Waals surface area contributed by atoms with Crippen molar-refractivity contribution in [2.75, 3.05) is 18.7 Å². The van der Waals surface area contributed by atoms with Crippen molar-refractivity contribution in [3.63, 3.8) is 0 Å². The largest absolute Gasteiger partial charge is 0.467 e. The Morgan fingerprint density at radius 2 is 2.10 bits per heavy atom. The molecule has 2 unspecified atom stereocenters. The molecule has 0 bridgehead atoms. The maximum Gasteiger partial charge on any atom is 0.331 e. The third kappa shape index (κ3) is 4.63. The van der Waals surface area contributed by atoms with Crippen LogP contribution in [-0.2, 0) is 9.53 Å². The van der Waals surface area contributed by atoms with Gasteiger partial charge < -0.3 is 20.5 Å². The van der Waals surface area contributed by atoms with Crippen molar-refractivity contribution >= 4 is 46.0 Å². The molecule has 0 spiro atoms. The molecule has 0 radical (unpaired) electrons. The lowest BCUT2D eigenvalue weighted by molar-refractivity contribution is -0.145. The van der Waals surface area contributed by atoms with E-state index in [-0.39, 0.29) is 11.4 Å². The van der Waals surface area contributed by atoms with Crippen LogP contribution in [0.25, 0.3) is 10.9 Å². The molecular weight excluding hydrogens is 396 g/mol. The van der Waals surface area contributed by atoms with Gasteiger partial charge in [0.2, 0.25) is 0 Å². The van der Waals surface area contributed by atoms with Crippen LogP contribution in [0, 0.1) is 0 Å². The van der Waals surface area contributed by atoms with Gasteiger partial charge in [0, 0.05) is 17.3 Å². The Balaban J connectivity index is 1.91. The van der Waals surface area contributed by atoms with Gasteiger partial charge >= 0.3 is 5.97 Å². The number of rotatable bonds is 7. The highest BCUT2D eigenvalue weighted by Crippen LogP contribution is 2.24. The molecule has 0 fully saturated rings. The number of thioether (sulfide) groups is 1. The van der Waals surface area contributed by atoms with Gasteiger partial charge in [-0.05, 0) is 31.4 Å². The second-order valence-electron chi connectivity index (χ2n) is 6.13. The number of hydrogen-bond donors (Lipinski definition) is 4. The number of fused-ring (bicyclic) bond motifs is 1. The zero-order valence-electron chi connectivity index (χ0n) is 16.0. The molecule has 3 rings (SSSR count). The van der Waals surface area contributed by atoms with Crippen LogP contribution in [0.15, 0.2) is 35.7 Å². The first kappa shape index (κ1) is 20.6. The van der Waals surface area contributed by atoms with Gasteiger partial charge in [0.05, 0.1) is 24.9 Å². The number of aromatic amines is 1. The van der Waals surface area contributed by atoms with Crippen molar-refractivity contribution < 1.29 is 19.4 Å². The molecule has 1 amide bonds. The lowest BCUT2D eigenvalue weighted by Gasteiger charge is -2.19. The first-order valence-electron chi connectivity index (χ1n) is 8.61. The highest BCUT2D eigenvalue weighted by Gasteiger charge is 2.28. The van der Waals surface area contributed by atoms with Crippen molar-refractivity contribution in [3.05, 3.63) is 36.2 Å². The number of esters is 1. The Kier molecular flexibility index (Phi) is 6.29. The Bertz CT molecular complexity index is 1040. The van der Waals surface area contributed by atoms with Crippen molar-refractivity contribution in [1.29, 1.82) is 0 Å². The fourth-order valence-corrected chi connectivity index (χ4v) is 2.95. The van der Waals surface area contributed by atoms with E-state index < -0.39 is 24.0 Å². The number of nitrogens with one attached hydrogen (secondary N) is 3. The number of carbonyl (C=O) groups is 2. The third-order valence-electron chi connectivity index (χ3n) is 4.12. The molecule has 0 aliphatic heterocycles. The summed E-state index contributed by atoms with van der Waals surface area (Å²) in [6, 6.07) is 4.30. The van der Waals surface area contributed by atoms with Crippen molar-refractivity contribution in [1.82, 2.24) is 25.5 Å². The van der Waals surface area contributed by atoms with Gasteiger partial charge in [0.15, 0.2) is 11.2 Å². The maximum absolute atomic E-state index is 12.8. The summed E-state index contributed by atoms with van der Waals surface area (Å²) in [4.78, 5) is 33.1. The highest BCUT2D eigenvalue weighted by atomic mass is 32.2. The van der Waals surface area contributed by atoms with Gasteiger partial charge in [-0.2, -0.15) is 5.10 Å². The standard InChI is InChI=1S/C18H20N6O4S/c1-9(25)14(17(27)28-2)22-16(26)12-8-19-18(29-3)23-15(12)21-11-4-5-13-10(6-11)7-20-24-13/h4-9,14,25H,1-3H3,(H,20,24)(H,22,26)(H,19,21,23). The van der Waals surface area contributed by atoms with E-state index >= 15 is 0 Å². The number of H-pyrrole nitrogens is 1. The summed E-state index contributed by atoms with van der Waals surface area (Å²) < 4.78 is 4.63. The van der Waals surface area contributed by atoms with E-state index in [2.05, 4.69) is 35.5 Å². The molecule has 10 nitrogen and oxygen atoms in total. The Morgan fingerprint density at radius 1 is 1.31 bits per heavy atom. The fourth-order valence-electron chi connectivity index (χ4n) is 2.61. The van der Waals surface area contributed by atoms with Crippen molar-refractivity contribution in [2.24, 2.45) is 0 Å². The number of nitrogens with zero attached hydrogens (tertiary/aromatic N) is 3. The van der Waals surface area contributed by atoms with Crippen LogP contribution in [-0.4, -0.2) is 62.7 Å². The predicted molar refractivity (Wildman–Crippen MR) is 108 cm³/mol. The molecule has 152 valence electrons. The average Bonchev–Trinajstić information content (AvgIpc) is 3.18. The molecule has 2 aromatic heterocycles. The first-order valence-corrected chi connectivity index (χ1v) is 9.83. The zero-order valence-corrected chi connectivity index (χ0v) is 16.8. The number of amides is 1. The lowest BCUT2D eigenvalue weighted by atomic mass is 10.1. The fraction of sp³-hybridized carbons (Fsp3) is 0.278. The summed E-state index contributed by atoms with van der Waals surface area (Å²) >= 11 is 1.32. The van der Waals surface area contributed by atoms with E-state index in [0.717, 1.165) is 10.9 Å². The minimum atomic E-state index is -1.22. The van der Waals surface area contributed by atoms with E-state index in [4.69, 9.17) is 0 Å². The molecule has 0 saturated heterocycles. The van der Waals surface area contributed by atoms with Gasteiger partial charge in [-0.1, -0.05) is 11.8 Å². The predicted octanol–water partition coefficient (Wildman–Crippen LogP) is 1.47. The van der Waals surface area contributed by atoms with Crippen molar-refractivity contribution in [3.8, 4) is 0 Å². The van der Waals surface area contributed by atoms with Gasteiger partial charge in [-0.15, -0.1) is 0 Å². The maximum atomic E-state index is 12.8. The van der Waals surface area contributed by atoms with E-state index in [1.165, 1.54) is 32.0 Å². The molecule has 4 N–H and O–H groups in total. The van der Waals surface area contributed by atoms with Crippen LogP contribution in [0.5, 0.6) is 0 Å². The monoisotopic (exact) mass is 416 g/mol. The second-order valence-corrected chi connectivity index (χ2v) is 6.90.